The Bertz CT molecular complexity index is 614. The molecule has 0 saturated heterocycles. The molecule has 0 aromatic heterocycles. The first kappa shape index (κ1) is 14.4. The molecule has 2 nitrogen and oxygen atoms in total. The molecule has 0 amide bonds. The number of halogens is 3. The SMILES string of the molecule is CC(N)c1ccc(F)cc1OCc1ccc(F)cc1F. The van der Waals surface area contributed by atoms with Crippen molar-refractivity contribution in [1.29, 1.82) is 0 Å². The summed E-state index contributed by atoms with van der Waals surface area (Å²) in [5.74, 6) is -1.58. The van der Waals surface area contributed by atoms with Crippen LogP contribution in [0.25, 0.3) is 0 Å². The maximum atomic E-state index is 13.5. The normalized spacial score (nSPS) is 12.2. The molecule has 2 aromatic rings. The molecule has 20 heavy (non-hydrogen) atoms. The summed E-state index contributed by atoms with van der Waals surface area (Å²) in [7, 11) is 0. The van der Waals surface area contributed by atoms with Crippen LogP contribution < -0.4 is 10.5 Å². The quantitative estimate of drug-likeness (QED) is 0.927. The standard InChI is InChI=1S/C15H14F3NO/c1-9(19)13-5-4-12(17)7-15(13)20-8-10-2-3-11(16)6-14(10)18/h2-7,9H,8,19H2,1H3. The van der Waals surface area contributed by atoms with Crippen molar-refractivity contribution < 1.29 is 17.9 Å². The molecule has 0 fully saturated rings. The second-order valence-electron chi connectivity index (χ2n) is 4.50. The molecule has 106 valence electrons. The summed E-state index contributed by atoms with van der Waals surface area (Å²) >= 11 is 0. The van der Waals surface area contributed by atoms with Gasteiger partial charge >= 0.3 is 0 Å². The van der Waals surface area contributed by atoms with Crippen LogP contribution in [-0.4, -0.2) is 0 Å². The Morgan fingerprint density at radius 3 is 2.35 bits per heavy atom. The summed E-state index contributed by atoms with van der Waals surface area (Å²) in [6.07, 6.45) is 0. The maximum Gasteiger partial charge on any atom is 0.132 e. The third kappa shape index (κ3) is 3.30. The van der Waals surface area contributed by atoms with Crippen LogP contribution in [0.4, 0.5) is 13.2 Å². The molecule has 0 aliphatic heterocycles. The van der Waals surface area contributed by atoms with Gasteiger partial charge in [0, 0.05) is 29.3 Å². The monoisotopic (exact) mass is 281 g/mol. The maximum absolute atomic E-state index is 13.5. The molecule has 0 aliphatic carbocycles. The minimum Gasteiger partial charge on any atom is -0.488 e. The van der Waals surface area contributed by atoms with Crippen LogP contribution >= 0.6 is 0 Å². The van der Waals surface area contributed by atoms with Crippen molar-refractivity contribution in [3.05, 3.63) is 65.0 Å². The van der Waals surface area contributed by atoms with E-state index in [0.29, 0.717) is 5.56 Å². The van der Waals surface area contributed by atoms with E-state index in [-0.39, 0.29) is 24.0 Å². The third-order valence-corrected chi connectivity index (χ3v) is 2.86. The summed E-state index contributed by atoms with van der Waals surface area (Å²) < 4.78 is 44.9. The van der Waals surface area contributed by atoms with Crippen LogP contribution in [0, 0.1) is 17.5 Å². The lowest BCUT2D eigenvalue weighted by Gasteiger charge is -2.14. The van der Waals surface area contributed by atoms with Gasteiger partial charge < -0.3 is 10.5 Å². The van der Waals surface area contributed by atoms with Crippen LogP contribution in [0.2, 0.25) is 0 Å². The van der Waals surface area contributed by atoms with Crippen molar-refractivity contribution >= 4 is 0 Å². The largest absolute Gasteiger partial charge is 0.488 e. The van der Waals surface area contributed by atoms with Crippen LogP contribution in [-0.2, 0) is 6.61 Å². The highest BCUT2D eigenvalue weighted by Crippen LogP contribution is 2.26. The molecule has 1 atom stereocenters. The highest BCUT2D eigenvalue weighted by atomic mass is 19.1. The number of rotatable bonds is 4. The Hall–Kier alpha value is -2.01. The van der Waals surface area contributed by atoms with Crippen molar-refractivity contribution in [2.24, 2.45) is 5.73 Å². The first-order chi connectivity index (χ1) is 9.47. The van der Waals surface area contributed by atoms with E-state index in [1.165, 1.54) is 24.3 Å². The Balaban J connectivity index is 2.20. The second-order valence-corrected chi connectivity index (χ2v) is 4.50. The van der Waals surface area contributed by atoms with Crippen molar-refractivity contribution in [2.75, 3.05) is 0 Å². The van der Waals surface area contributed by atoms with Crippen LogP contribution in [0.3, 0.4) is 0 Å². The summed E-state index contributed by atoms with van der Waals surface area (Å²) in [4.78, 5) is 0. The minimum atomic E-state index is -0.705. The van der Waals surface area contributed by atoms with E-state index in [9.17, 15) is 13.2 Å². The summed E-state index contributed by atoms with van der Waals surface area (Å²) in [5, 5.41) is 0. The Labute approximate surface area is 115 Å². The van der Waals surface area contributed by atoms with E-state index in [0.717, 1.165) is 12.1 Å². The molecule has 0 saturated carbocycles. The fourth-order valence-electron chi connectivity index (χ4n) is 1.80. The van der Waals surface area contributed by atoms with Gasteiger partial charge in [0.2, 0.25) is 0 Å². The number of benzene rings is 2. The van der Waals surface area contributed by atoms with Gasteiger partial charge in [0.15, 0.2) is 0 Å². The van der Waals surface area contributed by atoms with Gasteiger partial charge in [-0.3, -0.25) is 0 Å². The van der Waals surface area contributed by atoms with Crippen molar-refractivity contribution in [1.82, 2.24) is 0 Å². The number of hydrogen-bond acceptors (Lipinski definition) is 2. The molecule has 2 rings (SSSR count). The lowest BCUT2D eigenvalue weighted by atomic mass is 10.1. The highest BCUT2D eigenvalue weighted by Gasteiger charge is 2.11. The number of nitrogens with two attached hydrogens (primary N) is 1. The number of ether oxygens (including phenoxy) is 1. The van der Waals surface area contributed by atoms with Crippen LogP contribution in [0.5, 0.6) is 5.75 Å². The summed E-state index contributed by atoms with van der Waals surface area (Å²) in [5.41, 5.74) is 6.56. The van der Waals surface area contributed by atoms with Crippen molar-refractivity contribution in [3.63, 3.8) is 0 Å². The lowest BCUT2D eigenvalue weighted by molar-refractivity contribution is 0.293. The van der Waals surface area contributed by atoms with E-state index < -0.39 is 17.5 Å². The molecule has 5 heteroatoms. The van der Waals surface area contributed by atoms with E-state index in [1.807, 2.05) is 0 Å². The highest BCUT2D eigenvalue weighted by molar-refractivity contribution is 5.36. The first-order valence-electron chi connectivity index (χ1n) is 6.09. The third-order valence-electron chi connectivity index (χ3n) is 2.86. The average Bonchev–Trinajstić information content (AvgIpc) is 2.37. The van der Waals surface area contributed by atoms with Crippen molar-refractivity contribution in [3.8, 4) is 5.75 Å². The Kier molecular flexibility index (Phi) is 4.29. The molecule has 0 spiro atoms. The lowest BCUT2D eigenvalue weighted by Crippen LogP contribution is -2.09. The average molecular weight is 281 g/mol. The van der Waals surface area contributed by atoms with Gasteiger partial charge in [0.1, 0.15) is 29.8 Å². The minimum absolute atomic E-state index is 0.130. The topological polar surface area (TPSA) is 35.2 Å². The molecular formula is C15H14F3NO. The van der Waals surface area contributed by atoms with E-state index >= 15 is 0 Å². The predicted octanol–water partition coefficient (Wildman–Crippen LogP) is 3.70. The smallest absolute Gasteiger partial charge is 0.132 e. The van der Waals surface area contributed by atoms with Gasteiger partial charge in [0.05, 0.1) is 0 Å². The van der Waals surface area contributed by atoms with Gasteiger partial charge in [-0.2, -0.15) is 0 Å². The molecule has 2 N–H and O–H groups in total. The van der Waals surface area contributed by atoms with E-state index in [1.54, 1.807) is 6.92 Å². The molecule has 1 unspecified atom stereocenters. The Morgan fingerprint density at radius 2 is 1.70 bits per heavy atom. The van der Waals surface area contributed by atoms with Crippen LogP contribution in [0.1, 0.15) is 24.1 Å². The fraction of sp³-hybridized carbons (Fsp3) is 0.200. The zero-order valence-electron chi connectivity index (χ0n) is 10.9. The van der Waals surface area contributed by atoms with Gasteiger partial charge in [-0.25, -0.2) is 13.2 Å². The molecule has 0 aliphatic rings. The van der Waals surface area contributed by atoms with E-state index in [4.69, 9.17) is 10.5 Å². The fourth-order valence-corrected chi connectivity index (χ4v) is 1.80. The number of hydrogen-bond donors (Lipinski definition) is 1. The Morgan fingerprint density at radius 1 is 1.05 bits per heavy atom. The molecule has 0 heterocycles. The van der Waals surface area contributed by atoms with Crippen molar-refractivity contribution in [2.45, 2.75) is 19.6 Å². The van der Waals surface area contributed by atoms with E-state index in [2.05, 4.69) is 0 Å². The zero-order valence-corrected chi connectivity index (χ0v) is 10.9. The summed E-state index contributed by atoms with van der Waals surface area (Å²) in [6, 6.07) is 6.86. The van der Waals surface area contributed by atoms with Gasteiger partial charge in [0.25, 0.3) is 0 Å². The predicted molar refractivity (Wildman–Crippen MR) is 69.7 cm³/mol. The van der Waals surface area contributed by atoms with Gasteiger partial charge in [-0.05, 0) is 25.1 Å². The zero-order chi connectivity index (χ0) is 14.7. The van der Waals surface area contributed by atoms with Gasteiger partial charge in [-0.1, -0.05) is 6.07 Å². The van der Waals surface area contributed by atoms with Gasteiger partial charge in [-0.15, -0.1) is 0 Å². The first-order valence-corrected chi connectivity index (χ1v) is 6.09. The van der Waals surface area contributed by atoms with Crippen LogP contribution in [0.15, 0.2) is 36.4 Å². The second kappa shape index (κ2) is 5.96. The molecule has 0 radical (unpaired) electrons. The molecular weight excluding hydrogens is 267 g/mol. The summed E-state index contributed by atoms with van der Waals surface area (Å²) in [6.45, 7) is 1.61. The molecule has 0 bridgehead atoms. The molecule has 2 aromatic carbocycles.